The van der Waals surface area contributed by atoms with E-state index in [0.29, 0.717) is 6.54 Å². The quantitative estimate of drug-likeness (QED) is 0.905. The minimum atomic E-state index is -0.245. The van der Waals surface area contributed by atoms with E-state index in [1.807, 2.05) is 12.1 Å². The van der Waals surface area contributed by atoms with Crippen LogP contribution in [0.2, 0.25) is 0 Å². The Labute approximate surface area is 113 Å². The van der Waals surface area contributed by atoms with E-state index in [2.05, 4.69) is 30.9 Å². The molecule has 0 fully saturated rings. The highest BCUT2D eigenvalue weighted by atomic mass is 19.1. The molecule has 0 bridgehead atoms. The second kappa shape index (κ2) is 5.85. The van der Waals surface area contributed by atoms with Gasteiger partial charge < -0.3 is 10.6 Å². The Kier molecular flexibility index (Phi) is 4.17. The van der Waals surface area contributed by atoms with Crippen molar-refractivity contribution in [1.82, 2.24) is 0 Å². The van der Waals surface area contributed by atoms with Crippen molar-refractivity contribution in [1.29, 1.82) is 0 Å². The summed E-state index contributed by atoms with van der Waals surface area (Å²) in [5.41, 5.74) is 9.85. The van der Waals surface area contributed by atoms with Crippen LogP contribution >= 0.6 is 0 Å². The van der Waals surface area contributed by atoms with Gasteiger partial charge in [0.25, 0.3) is 0 Å². The van der Waals surface area contributed by atoms with Crippen molar-refractivity contribution in [2.45, 2.75) is 20.4 Å². The summed E-state index contributed by atoms with van der Waals surface area (Å²) < 4.78 is 13.3. The maximum atomic E-state index is 13.3. The van der Waals surface area contributed by atoms with E-state index < -0.39 is 0 Å². The molecule has 0 amide bonds. The van der Waals surface area contributed by atoms with Gasteiger partial charge in [-0.05, 0) is 49.2 Å². The Balaban J connectivity index is 2.51. The fourth-order valence-corrected chi connectivity index (χ4v) is 2.32. The summed E-state index contributed by atoms with van der Waals surface area (Å²) in [6.07, 6.45) is 0. The predicted octanol–water partition coefficient (Wildman–Crippen LogP) is 3.75. The summed E-state index contributed by atoms with van der Waals surface area (Å²) >= 11 is 0. The fourth-order valence-electron chi connectivity index (χ4n) is 2.32. The molecule has 0 aliphatic heterocycles. The molecule has 0 heterocycles. The van der Waals surface area contributed by atoms with Crippen molar-refractivity contribution in [3.05, 3.63) is 59.4 Å². The van der Waals surface area contributed by atoms with E-state index in [1.54, 1.807) is 6.07 Å². The second-order valence-corrected chi connectivity index (χ2v) is 4.51. The van der Waals surface area contributed by atoms with E-state index in [1.165, 1.54) is 17.7 Å². The predicted molar refractivity (Wildman–Crippen MR) is 78.2 cm³/mol. The summed E-state index contributed by atoms with van der Waals surface area (Å²) in [7, 11) is 0. The van der Waals surface area contributed by atoms with Crippen molar-refractivity contribution in [2.24, 2.45) is 5.73 Å². The minimum absolute atomic E-state index is 0.245. The number of rotatable bonds is 4. The molecule has 2 nitrogen and oxygen atoms in total. The number of anilines is 2. The Morgan fingerprint density at radius 1 is 1.11 bits per heavy atom. The SMILES string of the molecule is CCN(c1ccccc1C)c1ccc(F)cc1CN. The molecular formula is C16H19FN2. The number of halogens is 1. The fraction of sp³-hybridized carbons (Fsp3) is 0.250. The first-order chi connectivity index (χ1) is 9.17. The molecule has 2 aromatic rings. The molecule has 0 aliphatic carbocycles. The Bertz CT molecular complexity index is 566. The second-order valence-electron chi connectivity index (χ2n) is 4.51. The van der Waals surface area contributed by atoms with Crippen LogP contribution in [0.15, 0.2) is 42.5 Å². The number of nitrogens with two attached hydrogens (primary N) is 1. The summed E-state index contributed by atoms with van der Waals surface area (Å²) in [6.45, 7) is 5.29. The van der Waals surface area contributed by atoms with Gasteiger partial charge in [0.05, 0.1) is 0 Å². The van der Waals surface area contributed by atoms with Crippen molar-refractivity contribution in [3.63, 3.8) is 0 Å². The molecule has 2 N–H and O–H groups in total. The topological polar surface area (TPSA) is 29.3 Å². The monoisotopic (exact) mass is 258 g/mol. The molecule has 100 valence electrons. The number of nitrogens with zero attached hydrogens (tertiary/aromatic N) is 1. The lowest BCUT2D eigenvalue weighted by Crippen LogP contribution is -2.19. The summed E-state index contributed by atoms with van der Waals surface area (Å²) in [5.74, 6) is -0.245. The molecule has 19 heavy (non-hydrogen) atoms. The highest BCUT2D eigenvalue weighted by molar-refractivity contribution is 5.68. The van der Waals surface area contributed by atoms with Crippen molar-refractivity contribution >= 4 is 11.4 Å². The number of benzene rings is 2. The third-order valence-electron chi connectivity index (χ3n) is 3.27. The summed E-state index contributed by atoms with van der Waals surface area (Å²) in [4.78, 5) is 2.16. The highest BCUT2D eigenvalue weighted by Crippen LogP contribution is 2.30. The standard InChI is InChI=1S/C16H19FN2/c1-3-19(15-7-5-4-6-12(15)2)16-9-8-14(17)10-13(16)11-18/h4-10H,3,11,18H2,1-2H3. The first-order valence-corrected chi connectivity index (χ1v) is 6.49. The van der Waals surface area contributed by atoms with Crippen LogP contribution in [-0.2, 0) is 6.54 Å². The van der Waals surface area contributed by atoms with Gasteiger partial charge in [0, 0.05) is 24.5 Å². The molecule has 2 rings (SSSR count). The molecule has 0 atom stereocenters. The summed E-state index contributed by atoms with van der Waals surface area (Å²) in [6, 6.07) is 13.0. The average molecular weight is 258 g/mol. The molecule has 0 unspecified atom stereocenters. The van der Waals surface area contributed by atoms with E-state index in [4.69, 9.17) is 5.73 Å². The maximum Gasteiger partial charge on any atom is 0.123 e. The van der Waals surface area contributed by atoms with Gasteiger partial charge in [-0.15, -0.1) is 0 Å². The first-order valence-electron chi connectivity index (χ1n) is 6.49. The van der Waals surface area contributed by atoms with E-state index in [0.717, 1.165) is 23.5 Å². The van der Waals surface area contributed by atoms with Crippen LogP contribution in [0.25, 0.3) is 0 Å². The molecule has 3 heteroatoms. The van der Waals surface area contributed by atoms with Gasteiger partial charge in [0.15, 0.2) is 0 Å². The van der Waals surface area contributed by atoms with Crippen LogP contribution in [-0.4, -0.2) is 6.54 Å². The third-order valence-corrected chi connectivity index (χ3v) is 3.27. The zero-order chi connectivity index (χ0) is 13.8. The van der Waals surface area contributed by atoms with Gasteiger partial charge in [-0.2, -0.15) is 0 Å². The smallest absolute Gasteiger partial charge is 0.123 e. The molecule has 2 aromatic carbocycles. The maximum absolute atomic E-state index is 13.3. The molecule has 0 saturated carbocycles. The van der Waals surface area contributed by atoms with Gasteiger partial charge in [-0.3, -0.25) is 0 Å². The van der Waals surface area contributed by atoms with Gasteiger partial charge in [0.2, 0.25) is 0 Å². The van der Waals surface area contributed by atoms with Gasteiger partial charge >= 0.3 is 0 Å². The van der Waals surface area contributed by atoms with Crippen molar-refractivity contribution in [3.8, 4) is 0 Å². The lowest BCUT2D eigenvalue weighted by molar-refractivity contribution is 0.625. The van der Waals surface area contributed by atoms with Crippen LogP contribution in [0.1, 0.15) is 18.1 Å². The average Bonchev–Trinajstić information content (AvgIpc) is 2.43. The van der Waals surface area contributed by atoms with E-state index >= 15 is 0 Å². The lowest BCUT2D eigenvalue weighted by atomic mass is 10.1. The Morgan fingerprint density at radius 2 is 1.84 bits per heavy atom. The Hall–Kier alpha value is -1.87. The van der Waals surface area contributed by atoms with Gasteiger partial charge in [-0.25, -0.2) is 4.39 Å². The molecule has 0 aromatic heterocycles. The third kappa shape index (κ3) is 2.76. The number of hydrogen-bond donors (Lipinski definition) is 1. The van der Waals surface area contributed by atoms with Crippen molar-refractivity contribution < 1.29 is 4.39 Å². The zero-order valence-corrected chi connectivity index (χ0v) is 11.4. The summed E-state index contributed by atoms with van der Waals surface area (Å²) in [5, 5.41) is 0. The molecule has 0 radical (unpaired) electrons. The van der Waals surface area contributed by atoms with Gasteiger partial charge in [-0.1, -0.05) is 18.2 Å². The van der Waals surface area contributed by atoms with E-state index in [-0.39, 0.29) is 5.82 Å². The number of para-hydroxylation sites is 1. The van der Waals surface area contributed by atoms with Gasteiger partial charge in [0.1, 0.15) is 5.82 Å². The van der Waals surface area contributed by atoms with Crippen LogP contribution < -0.4 is 10.6 Å². The molecular weight excluding hydrogens is 239 g/mol. The van der Waals surface area contributed by atoms with Crippen LogP contribution in [0, 0.1) is 12.7 Å². The molecule has 0 aliphatic rings. The largest absolute Gasteiger partial charge is 0.341 e. The molecule has 0 spiro atoms. The van der Waals surface area contributed by atoms with Crippen molar-refractivity contribution in [2.75, 3.05) is 11.4 Å². The minimum Gasteiger partial charge on any atom is -0.341 e. The number of aryl methyl sites for hydroxylation is 1. The molecule has 0 saturated heterocycles. The van der Waals surface area contributed by atoms with Crippen LogP contribution in [0.4, 0.5) is 15.8 Å². The highest BCUT2D eigenvalue weighted by Gasteiger charge is 2.13. The van der Waals surface area contributed by atoms with E-state index in [9.17, 15) is 4.39 Å². The zero-order valence-electron chi connectivity index (χ0n) is 11.4. The number of hydrogen-bond acceptors (Lipinski definition) is 2. The Morgan fingerprint density at radius 3 is 2.47 bits per heavy atom. The normalized spacial score (nSPS) is 10.5. The lowest BCUT2D eigenvalue weighted by Gasteiger charge is -2.27. The van der Waals surface area contributed by atoms with Crippen LogP contribution in [0.3, 0.4) is 0 Å². The van der Waals surface area contributed by atoms with Crippen LogP contribution in [0.5, 0.6) is 0 Å². The first kappa shape index (κ1) is 13.6.